The molecule has 0 fully saturated rings. The number of amidine groups is 1. The predicted molar refractivity (Wildman–Crippen MR) is 47.9 cm³/mol. The summed E-state index contributed by atoms with van der Waals surface area (Å²) in [4.78, 5) is 0. The number of benzene rings is 1. The summed E-state index contributed by atoms with van der Waals surface area (Å²) in [6.45, 7) is 0. The highest BCUT2D eigenvalue weighted by atomic mass is 16.3. The summed E-state index contributed by atoms with van der Waals surface area (Å²) in [6, 6.07) is 6.53. The molecule has 0 spiro atoms. The van der Waals surface area contributed by atoms with E-state index in [1.165, 1.54) is 0 Å². The average molecular weight is 165 g/mol. The fourth-order valence-corrected chi connectivity index (χ4v) is 0.817. The molecular weight excluding hydrogens is 154 g/mol. The summed E-state index contributed by atoms with van der Waals surface area (Å²) in [5.74, 6) is 0.619. The summed E-state index contributed by atoms with van der Waals surface area (Å²) < 4.78 is 0. The van der Waals surface area contributed by atoms with E-state index in [2.05, 4.69) is 10.5 Å². The summed E-state index contributed by atoms with van der Waals surface area (Å²) >= 11 is 0. The van der Waals surface area contributed by atoms with Gasteiger partial charge in [-0.15, -0.1) is 0 Å². The Labute approximate surface area is 70.7 Å². The molecule has 1 aromatic carbocycles. The Morgan fingerprint density at radius 3 is 2.50 bits per heavy atom. The third-order valence-electron chi connectivity index (χ3n) is 1.40. The molecule has 0 aliphatic carbocycles. The molecular formula is C8H11N3O. The number of hydrogen-bond donors (Lipinski definition) is 3. The lowest BCUT2D eigenvalue weighted by atomic mass is 10.2. The van der Waals surface area contributed by atoms with E-state index in [0.29, 0.717) is 5.84 Å². The maximum absolute atomic E-state index is 8.97. The smallest absolute Gasteiger partial charge is 0.150 e. The number of nitrogens with two attached hydrogens (primary N) is 1. The number of aromatic hydroxyl groups is 1. The highest BCUT2D eigenvalue weighted by molar-refractivity contribution is 5.97. The summed E-state index contributed by atoms with van der Waals surface area (Å²) in [7, 11) is 1.67. The molecule has 0 atom stereocenters. The minimum Gasteiger partial charge on any atom is -0.508 e. The van der Waals surface area contributed by atoms with Gasteiger partial charge in [0.05, 0.1) is 0 Å². The van der Waals surface area contributed by atoms with Crippen molar-refractivity contribution in [1.82, 2.24) is 5.43 Å². The molecule has 12 heavy (non-hydrogen) atoms. The van der Waals surface area contributed by atoms with Crippen molar-refractivity contribution in [2.45, 2.75) is 0 Å². The Morgan fingerprint density at radius 1 is 1.42 bits per heavy atom. The van der Waals surface area contributed by atoms with Gasteiger partial charge in [0.1, 0.15) is 5.75 Å². The van der Waals surface area contributed by atoms with Gasteiger partial charge in [0.2, 0.25) is 0 Å². The van der Waals surface area contributed by atoms with Crippen molar-refractivity contribution in [2.75, 3.05) is 7.05 Å². The third kappa shape index (κ3) is 1.88. The quantitative estimate of drug-likeness (QED) is 0.334. The standard InChI is InChI=1S/C8H11N3O/c1-10-11-8(9)6-2-4-7(12)5-3-6/h2-5,10,12H,1H3,(H2,9,11). The molecule has 4 heteroatoms. The Morgan fingerprint density at radius 2 is 2.00 bits per heavy atom. The zero-order chi connectivity index (χ0) is 8.97. The molecule has 4 N–H and O–H groups in total. The third-order valence-corrected chi connectivity index (χ3v) is 1.40. The van der Waals surface area contributed by atoms with E-state index in [1.807, 2.05) is 0 Å². The Hall–Kier alpha value is -1.71. The second-order valence-electron chi connectivity index (χ2n) is 2.27. The second kappa shape index (κ2) is 3.61. The number of hydrogen-bond acceptors (Lipinski definition) is 3. The first-order valence-electron chi connectivity index (χ1n) is 3.53. The number of hydrazone groups is 1. The monoisotopic (exact) mass is 165 g/mol. The Bertz CT molecular complexity index is 279. The van der Waals surface area contributed by atoms with Crippen LogP contribution < -0.4 is 11.2 Å². The maximum Gasteiger partial charge on any atom is 0.150 e. The van der Waals surface area contributed by atoms with Crippen LogP contribution >= 0.6 is 0 Å². The normalized spacial score (nSPS) is 11.2. The number of rotatable bonds is 2. The number of nitrogens with one attached hydrogen (secondary N) is 1. The van der Waals surface area contributed by atoms with E-state index in [4.69, 9.17) is 10.8 Å². The highest BCUT2D eigenvalue weighted by Gasteiger charge is 1.96. The van der Waals surface area contributed by atoms with Crippen molar-refractivity contribution >= 4 is 5.84 Å². The van der Waals surface area contributed by atoms with Crippen molar-refractivity contribution in [3.05, 3.63) is 29.8 Å². The molecule has 0 heterocycles. The van der Waals surface area contributed by atoms with E-state index in [-0.39, 0.29) is 5.75 Å². The number of nitrogens with zero attached hydrogens (tertiary/aromatic N) is 1. The van der Waals surface area contributed by atoms with E-state index >= 15 is 0 Å². The molecule has 0 saturated carbocycles. The zero-order valence-electron chi connectivity index (χ0n) is 6.78. The van der Waals surface area contributed by atoms with Crippen LogP contribution in [-0.4, -0.2) is 18.0 Å². The van der Waals surface area contributed by atoms with Crippen molar-refractivity contribution in [3.63, 3.8) is 0 Å². The molecule has 64 valence electrons. The van der Waals surface area contributed by atoms with Crippen molar-refractivity contribution in [3.8, 4) is 5.75 Å². The minimum absolute atomic E-state index is 0.219. The van der Waals surface area contributed by atoms with E-state index < -0.39 is 0 Å². The van der Waals surface area contributed by atoms with Gasteiger partial charge >= 0.3 is 0 Å². The van der Waals surface area contributed by atoms with Crippen LogP contribution in [0, 0.1) is 0 Å². The molecule has 0 aliphatic rings. The lowest BCUT2D eigenvalue weighted by Crippen LogP contribution is -2.16. The predicted octanol–water partition coefficient (Wildman–Crippen LogP) is 0.232. The van der Waals surface area contributed by atoms with Crippen molar-refractivity contribution < 1.29 is 5.11 Å². The van der Waals surface area contributed by atoms with Crippen molar-refractivity contribution in [1.29, 1.82) is 0 Å². The topological polar surface area (TPSA) is 70.6 Å². The van der Waals surface area contributed by atoms with Gasteiger partial charge in [0.25, 0.3) is 0 Å². The zero-order valence-corrected chi connectivity index (χ0v) is 6.78. The van der Waals surface area contributed by atoms with Crippen LogP contribution in [0.15, 0.2) is 29.4 Å². The summed E-state index contributed by atoms with van der Waals surface area (Å²) in [5, 5.41) is 12.8. The van der Waals surface area contributed by atoms with Crippen molar-refractivity contribution in [2.24, 2.45) is 10.8 Å². The first kappa shape index (κ1) is 8.39. The summed E-state index contributed by atoms with van der Waals surface area (Å²) in [5.41, 5.74) is 8.92. The molecule has 0 aromatic heterocycles. The van der Waals surface area contributed by atoms with Crippen LogP contribution in [0.25, 0.3) is 0 Å². The van der Waals surface area contributed by atoms with Crippen LogP contribution in [-0.2, 0) is 0 Å². The van der Waals surface area contributed by atoms with Crippen LogP contribution in [0.2, 0.25) is 0 Å². The number of phenolic OH excluding ortho intramolecular Hbond substituents is 1. The first-order chi connectivity index (χ1) is 5.74. The molecule has 0 saturated heterocycles. The highest BCUT2D eigenvalue weighted by Crippen LogP contribution is 2.08. The van der Waals surface area contributed by atoms with Gasteiger partial charge in [0, 0.05) is 12.6 Å². The van der Waals surface area contributed by atoms with E-state index in [0.717, 1.165) is 5.56 Å². The fourth-order valence-electron chi connectivity index (χ4n) is 0.817. The van der Waals surface area contributed by atoms with Gasteiger partial charge in [-0.1, -0.05) is 0 Å². The molecule has 4 nitrogen and oxygen atoms in total. The minimum atomic E-state index is 0.219. The van der Waals surface area contributed by atoms with Crippen LogP contribution in [0.3, 0.4) is 0 Å². The van der Waals surface area contributed by atoms with Crippen LogP contribution in [0.1, 0.15) is 5.56 Å². The molecule has 0 amide bonds. The Balaban J connectivity index is 2.89. The largest absolute Gasteiger partial charge is 0.508 e. The fraction of sp³-hybridized carbons (Fsp3) is 0.125. The van der Waals surface area contributed by atoms with Gasteiger partial charge in [-0.3, -0.25) is 0 Å². The average Bonchev–Trinajstić information content (AvgIpc) is 2.06. The maximum atomic E-state index is 8.97. The van der Waals surface area contributed by atoms with Gasteiger partial charge in [-0.25, -0.2) is 0 Å². The van der Waals surface area contributed by atoms with Crippen LogP contribution in [0.5, 0.6) is 5.75 Å². The molecule has 0 radical (unpaired) electrons. The molecule has 0 unspecified atom stereocenters. The molecule has 0 bridgehead atoms. The Kier molecular flexibility index (Phi) is 2.53. The van der Waals surface area contributed by atoms with E-state index in [1.54, 1.807) is 31.3 Å². The lowest BCUT2D eigenvalue weighted by Gasteiger charge is -1.99. The van der Waals surface area contributed by atoms with Gasteiger partial charge in [-0.2, -0.15) is 5.10 Å². The van der Waals surface area contributed by atoms with Gasteiger partial charge < -0.3 is 16.3 Å². The lowest BCUT2D eigenvalue weighted by molar-refractivity contribution is 0.475. The molecule has 0 aliphatic heterocycles. The summed E-state index contributed by atoms with van der Waals surface area (Å²) in [6.07, 6.45) is 0. The SMILES string of the molecule is CN/N=C(\N)c1ccc(O)cc1. The van der Waals surface area contributed by atoms with Gasteiger partial charge in [-0.05, 0) is 24.3 Å². The first-order valence-corrected chi connectivity index (χ1v) is 3.53. The van der Waals surface area contributed by atoms with E-state index in [9.17, 15) is 0 Å². The van der Waals surface area contributed by atoms with Gasteiger partial charge in [0.15, 0.2) is 5.84 Å². The number of phenols is 1. The molecule has 1 rings (SSSR count). The molecule has 1 aromatic rings. The second-order valence-corrected chi connectivity index (χ2v) is 2.27. The van der Waals surface area contributed by atoms with Crippen LogP contribution in [0.4, 0.5) is 0 Å².